The topological polar surface area (TPSA) is 79.5 Å². The first kappa shape index (κ1) is 12.4. The fourth-order valence-electron chi connectivity index (χ4n) is 1.87. The van der Waals surface area contributed by atoms with Gasteiger partial charge in [-0.2, -0.15) is 0 Å². The van der Waals surface area contributed by atoms with Crippen LogP contribution in [0.25, 0.3) is 0 Å². The van der Waals surface area contributed by atoms with Crippen molar-refractivity contribution in [2.75, 3.05) is 6.54 Å². The minimum absolute atomic E-state index is 0.182. The molecule has 0 aliphatic heterocycles. The number of pyridine rings is 1. The Kier molecular flexibility index (Phi) is 3.42. The summed E-state index contributed by atoms with van der Waals surface area (Å²) in [6, 6.07) is 2.63. The highest BCUT2D eigenvalue weighted by molar-refractivity contribution is 6.32. The third kappa shape index (κ3) is 3.00. The summed E-state index contributed by atoms with van der Waals surface area (Å²) in [5.41, 5.74) is 5.90. The molecule has 2 atom stereocenters. The van der Waals surface area contributed by atoms with Crippen LogP contribution in [0.2, 0.25) is 10.3 Å². The van der Waals surface area contributed by atoms with Crippen molar-refractivity contribution in [2.24, 2.45) is 11.7 Å². The Morgan fingerprint density at radius 2 is 2.12 bits per heavy atom. The van der Waals surface area contributed by atoms with E-state index in [0.29, 0.717) is 15.4 Å². The van der Waals surface area contributed by atoms with Crippen molar-refractivity contribution in [2.45, 2.75) is 12.3 Å². The molecule has 0 saturated heterocycles. The Labute approximate surface area is 108 Å². The Morgan fingerprint density at radius 1 is 1.53 bits per heavy atom. The minimum Gasteiger partial charge on any atom is -0.350 e. The van der Waals surface area contributed by atoms with E-state index in [0.717, 1.165) is 12.0 Å². The zero-order valence-corrected chi connectivity index (χ0v) is 10.3. The number of carbonyl (C=O) groups excluding carboxylic acids is 1. The molecule has 0 unspecified atom stereocenters. The summed E-state index contributed by atoms with van der Waals surface area (Å²) in [7, 11) is 0. The van der Waals surface area contributed by atoms with Crippen LogP contribution in [0.3, 0.4) is 0 Å². The Bertz CT molecular complexity index is 435. The highest BCUT2D eigenvalue weighted by Gasteiger charge is 2.40. The maximum absolute atomic E-state index is 10.7. The molecule has 1 aromatic rings. The molecule has 1 heterocycles. The second kappa shape index (κ2) is 4.68. The van der Waals surface area contributed by atoms with Crippen molar-refractivity contribution < 1.29 is 10.0 Å². The molecule has 2 rings (SSSR count). The predicted octanol–water partition coefficient (Wildman–Crippen LogP) is 2.26. The maximum atomic E-state index is 10.7. The Morgan fingerprint density at radius 3 is 2.65 bits per heavy atom. The monoisotopic (exact) mass is 275 g/mol. The van der Waals surface area contributed by atoms with Crippen LogP contribution >= 0.6 is 23.2 Å². The van der Waals surface area contributed by atoms with Crippen LogP contribution in [0.5, 0.6) is 0 Å². The van der Waals surface area contributed by atoms with Gasteiger partial charge in [0.15, 0.2) is 0 Å². The highest BCUT2D eigenvalue weighted by atomic mass is 35.5. The van der Waals surface area contributed by atoms with Crippen LogP contribution in [-0.4, -0.2) is 27.8 Å². The van der Waals surface area contributed by atoms with E-state index in [4.69, 9.17) is 28.9 Å². The van der Waals surface area contributed by atoms with Crippen LogP contribution in [-0.2, 0) is 0 Å². The van der Waals surface area contributed by atoms with Gasteiger partial charge in [-0.05, 0) is 36.0 Å². The van der Waals surface area contributed by atoms with Crippen molar-refractivity contribution in [1.29, 1.82) is 0 Å². The molecule has 1 aliphatic carbocycles. The Balaban J connectivity index is 2.00. The number of urea groups is 1. The SMILES string of the molecule is NC(=O)N(O)C[C@@H]1C[C@H]1c1cc(Cl)nc(Cl)c1. The van der Waals surface area contributed by atoms with Crippen molar-refractivity contribution in [1.82, 2.24) is 10.0 Å². The molecule has 0 bridgehead atoms. The number of rotatable bonds is 3. The number of carbonyl (C=O) groups is 1. The van der Waals surface area contributed by atoms with E-state index in [9.17, 15) is 10.0 Å². The first-order valence-corrected chi connectivity index (χ1v) is 5.82. The van der Waals surface area contributed by atoms with Crippen molar-refractivity contribution in [3.8, 4) is 0 Å². The average molecular weight is 276 g/mol. The van der Waals surface area contributed by atoms with E-state index in [1.165, 1.54) is 0 Å². The Hall–Kier alpha value is -1.04. The summed E-state index contributed by atoms with van der Waals surface area (Å²) in [6.07, 6.45) is 0.862. The second-order valence-electron chi connectivity index (χ2n) is 4.07. The molecule has 1 aliphatic rings. The lowest BCUT2D eigenvalue weighted by Gasteiger charge is -2.11. The van der Waals surface area contributed by atoms with Gasteiger partial charge in [0, 0.05) is 0 Å². The fraction of sp³-hybridized carbons (Fsp3) is 0.400. The molecule has 1 aromatic heterocycles. The molecule has 1 fully saturated rings. The van der Waals surface area contributed by atoms with Gasteiger partial charge in [0.2, 0.25) is 0 Å². The van der Waals surface area contributed by atoms with Gasteiger partial charge >= 0.3 is 6.03 Å². The minimum atomic E-state index is -0.846. The lowest BCUT2D eigenvalue weighted by molar-refractivity contribution is -0.0431. The number of hydroxylamine groups is 2. The standard InChI is InChI=1S/C10H11Cl2N3O2/c11-8-2-5(3-9(12)14-8)7-1-6(7)4-15(17)10(13)16/h2-3,6-7,17H,1,4H2,(H2,13,16)/t6-,7-/m0/s1. The van der Waals surface area contributed by atoms with Crippen LogP contribution in [0, 0.1) is 5.92 Å². The molecular weight excluding hydrogens is 265 g/mol. The molecule has 0 aromatic carbocycles. The average Bonchev–Trinajstić information content (AvgIpc) is 2.95. The lowest BCUT2D eigenvalue weighted by atomic mass is 10.1. The van der Waals surface area contributed by atoms with E-state index in [1.807, 2.05) is 0 Å². The number of halogens is 2. The molecule has 0 radical (unpaired) electrons. The zero-order valence-electron chi connectivity index (χ0n) is 8.81. The second-order valence-corrected chi connectivity index (χ2v) is 4.84. The van der Waals surface area contributed by atoms with Crippen molar-refractivity contribution >= 4 is 29.2 Å². The fourth-order valence-corrected chi connectivity index (χ4v) is 2.34. The van der Waals surface area contributed by atoms with Gasteiger partial charge < -0.3 is 5.73 Å². The quantitative estimate of drug-likeness (QED) is 0.505. The lowest BCUT2D eigenvalue weighted by Crippen LogP contribution is -2.34. The van der Waals surface area contributed by atoms with Gasteiger partial charge in [-0.25, -0.2) is 14.8 Å². The van der Waals surface area contributed by atoms with Crippen molar-refractivity contribution in [3.05, 3.63) is 28.0 Å². The summed E-state index contributed by atoms with van der Waals surface area (Å²) in [4.78, 5) is 14.5. The van der Waals surface area contributed by atoms with Gasteiger partial charge in [-0.3, -0.25) is 5.21 Å². The number of amides is 2. The molecule has 0 spiro atoms. The van der Waals surface area contributed by atoms with E-state index < -0.39 is 6.03 Å². The molecule has 7 heteroatoms. The van der Waals surface area contributed by atoms with Crippen LogP contribution in [0.15, 0.2) is 12.1 Å². The summed E-state index contributed by atoms with van der Waals surface area (Å²) in [5.74, 6) is 0.420. The molecule has 1 saturated carbocycles. The molecule has 2 amide bonds. The van der Waals surface area contributed by atoms with Crippen LogP contribution in [0.4, 0.5) is 4.79 Å². The first-order valence-electron chi connectivity index (χ1n) is 5.06. The van der Waals surface area contributed by atoms with Gasteiger partial charge in [-0.15, -0.1) is 0 Å². The molecule has 92 valence electrons. The number of aromatic nitrogens is 1. The van der Waals surface area contributed by atoms with Gasteiger partial charge in [-0.1, -0.05) is 23.2 Å². The third-order valence-electron chi connectivity index (χ3n) is 2.80. The summed E-state index contributed by atoms with van der Waals surface area (Å²) in [6.45, 7) is 0.220. The van der Waals surface area contributed by atoms with E-state index >= 15 is 0 Å². The summed E-state index contributed by atoms with van der Waals surface area (Å²) >= 11 is 11.6. The largest absolute Gasteiger partial charge is 0.350 e. The van der Waals surface area contributed by atoms with Crippen LogP contribution in [0.1, 0.15) is 17.9 Å². The molecular formula is C10H11Cl2N3O2. The molecule has 5 nitrogen and oxygen atoms in total. The number of nitrogens with zero attached hydrogens (tertiary/aromatic N) is 2. The van der Waals surface area contributed by atoms with Gasteiger partial charge in [0.25, 0.3) is 0 Å². The van der Waals surface area contributed by atoms with E-state index in [2.05, 4.69) is 4.98 Å². The molecule has 3 N–H and O–H groups in total. The number of nitrogens with two attached hydrogens (primary N) is 1. The van der Waals surface area contributed by atoms with Crippen LogP contribution < -0.4 is 5.73 Å². The highest BCUT2D eigenvalue weighted by Crippen LogP contribution is 2.48. The number of hydrogen-bond donors (Lipinski definition) is 2. The summed E-state index contributed by atoms with van der Waals surface area (Å²) in [5, 5.41) is 10.4. The van der Waals surface area contributed by atoms with E-state index in [1.54, 1.807) is 12.1 Å². The van der Waals surface area contributed by atoms with E-state index in [-0.39, 0.29) is 18.4 Å². The molecule has 17 heavy (non-hydrogen) atoms. The normalized spacial score (nSPS) is 22.3. The van der Waals surface area contributed by atoms with Gasteiger partial charge in [0.05, 0.1) is 6.54 Å². The number of primary amides is 1. The zero-order chi connectivity index (χ0) is 12.6. The first-order chi connectivity index (χ1) is 7.97. The van der Waals surface area contributed by atoms with Gasteiger partial charge in [0.1, 0.15) is 10.3 Å². The number of hydrogen-bond acceptors (Lipinski definition) is 3. The third-order valence-corrected chi connectivity index (χ3v) is 3.18. The smallest absolute Gasteiger partial charge is 0.338 e. The predicted molar refractivity (Wildman–Crippen MR) is 63.2 cm³/mol. The van der Waals surface area contributed by atoms with Crippen molar-refractivity contribution in [3.63, 3.8) is 0 Å². The maximum Gasteiger partial charge on any atom is 0.338 e. The summed E-state index contributed by atoms with van der Waals surface area (Å²) < 4.78 is 0.